The zero-order valence-electron chi connectivity index (χ0n) is 8.94. The summed E-state index contributed by atoms with van der Waals surface area (Å²) in [6, 6.07) is 2.22. The minimum atomic E-state index is 0.782. The van der Waals surface area contributed by atoms with Crippen LogP contribution in [-0.4, -0.2) is 9.97 Å². The summed E-state index contributed by atoms with van der Waals surface area (Å²) in [5, 5.41) is 5.42. The van der Waals surface area contributed by atoms with Crippen molar-refractivity contribution in [2.45, 2.75) is 25.8 Å². The Kier molecular flexibility index (Phi) is 2.58. The lowest BCUT2D eigenvalue weighted by Gasteiger charge is -2.06. The molecule has 0 saturated heterocycles. The molecule has 3 rings (SSSR count). The Balaban J connectivity index is 1.71. The van der Waals surface area contributed by atoms with Crippen molar-refractivity contribution in [2.24, 2.45) is 0 Å². The maximum absolute atomic E-state index is 4.48. The van der Waals surface area contributed by atoms with Gasteiger partial charge in [0.2, 0.25) is 0 Å². The van der Waals surface area contributed by atoms with Crippen LogP contribution >= 0.6 is 11.3 Å². The van der Waals surface area contributed by atoms with Gasteiger partial charge in [0.25, 0.3) is 0 Å². The first kappa shape index (κ1) is 9.78. The molecule has 1 aliphatic carbocycles. The third-order valence-electron chi connectivity index (χ3n) is 2.88. The Morgan fingerprint density at radius 1 is 1.31 bits per heavy atom. The molecule has 0 spiro atoms. The van der Waals surface area contributed by atoms with E-state index in [1.165, 1.54) is 24.1 Å². The van der Waals surface area contributed by atoms with Gasteiger partial charge < -0.3 is 5.32 Å². The van der Waals surface area contributed by atoms with Crippen LogP contribution in [0.1, 0.15) is 23.4 Å². The smallest absolute Gasteiger partial charge is 0.0795 e. The number of nitrogens with one attached hydrogen (secondary N) is 1. The number of nitrogens with zero attached hydrogens (tertiary/aromatic N) is 2. The molecule has 0 radical (unpaired) electrons. The fourth-order valence-electron chi connectivity index (χ4n) is 2.04. The normalized spacial score (nSPS) is 13.8. The molecule has 0 aromatic carbocycles. The first-order valence-corrected chi connectivity index (χ1v) is 6.45. The predicted octanol–water partition coefficient (Wildman–Crippen LogP) is 2.64. The van der Waals surface area contributed by atoms with Crippen LogP contribution in [0.2, 0.25) is 0 Å². The highest BCUT2D eigenvalue weighted by molar-refractivity contribution is 7.07. The van der Waals surface area contributed by atoms with E-state index >= 15 is 0 Å². The minimum Gasteiger partial charge on any atom is -0.378 e. The molecule has 0 aliphatic heterocycles. The van der Waals surface area contributed by atoms with Crippen molar-refractivity contribution in [1.82, 2.24) is 9.97 Å². The molecular formula is C12H13N3S. The van der Waals surface area contributed by atoms with Gasteiger partial charge in [-0.05, 0) is 30.9 Å². The highest BCUT2D eigenvalue weighted by Gasteiger charge is 2.12. The fourth-order valence-corrected chi connectivity index (χ4v) is 2.60. The zero-order chi connectivity index (χ0) is 10.8. The summed E-state index contributed by atoms with van der Waals surface area (Å²) in [5.74, 6) is 0. The van der Waals surface area contributed by atoms with Crippen LogP contribution in [0.15, 0.2) is 23.2 Å². The van der Waals surface area contributed by atoms with E-state index < -0.39 is 0 Å². The van der Waals surface area contributed by atoms with Gasteiger partial charge in [-0.3, -0.25) is 4.98 Å². The minimum absolute atomic E-state index is 0.782. The molecule has 1 aliphatic rings. The number of hydrogen-bond donors (Lipinski definition) is 1. The standard InChI is InChI=1S/C12H13N3S/c1-2-9-4-10(5-14-12(9)3-1)13-6-11-7-16-8-15-11/h4-5,7-8,13H,1-3,6H2. The zero-order valence-corrected chi connectivity index (χ0v) is 9.76. The average Bonchev–Trinajstić information content (AvgIpc) is 2.97. The van der Waals surface area contributed by atoms with E-state index in [0.29, 0.717) is 0 Å². The summed E-state index contributed by atoms with van der Waals surface area (Å²) in [4.78, 5) is 8.72. The van der Waals surface area contributed by atoms with Crippen molar-refractivity contribution >= 4 is 17.0 Å². The van der Waals surface area contributed by atoms with Crippen molar-refractivity contribution in [3.05, 3.63) is 40.1 Å². The Bertz CT molecular complexity index is 479. The number of rotatable bonds is 3. The molecule has 2 aromatic heterocycles. The topological polar surface area (TPSA) is 37.8 Å². The number of anilines is 1. The van der Waals surface area contributed by atoms with E-state index in [1.54, 1.807) is 11.3 Å². The molecule has 82 valence electrons. The number of hydrogen-bond acceptors (Lipinski definition) is 4. The largest absolute Gasteiger partial charge is 0.378 e. The molecule has 16 heavy (non-hydrogen) atoms. The first-order chi connectivity index (χ1) is 7.92. The Morgan fingerprint density at radius 3 is 3.19 bits per heavy atom. The van der Waals surface area contributed by atoms with Crippen LogP contribution in [-0.2, 0) is 19.4 Å². The van der Waals surface area contributed by atoms with Gasteiger partial charge in [0.05, 0.1) is 29.6 Å². The van der Waals surface area contributed by atoms with Crippen molar-refractivity contribution in [3.63, 3.8) is 0 Å². The first-order valence-electron chi connectivity index (χ1n) is 5.50. The molecule has 0 saturated carbocycles. The molecule has 0 atom stereocenters. The van der Waals surface area contributed by atoms with Gasteiger partial charge in [-0.2, -0.15) is 0 Å². The molecule has 0 fully saturated rings. The number of pyridine rings is 1. The summed E-state index contributed by atoms with van der Waals surface area (Å²) < 4.78 is 0. The summed E-state index contributed by atoms with van der Waals surface area (Å²) in [7, 11) is 0. The lowest BCUT2D eigenvalue weighted by molar-refractivity contribution is 0.899. The van der Waals surface area contributed by atoms with Gasteiger partial charge in [0.15, 0.2) is 0 Å². The summed E-state index contributed by atoms with van der Waals surface area (Å²) >= 11 is 1.63. The highest BCUT2D eigenvalue weighted by atomic mass is 32.1. The summed E-state index contributed by atoms with van der Waals surface area (Å²) in [6.07, 6.45) is 5.49. The third kappa shape index (κ3) is 1.93. The molecule has 2 aromatic rings. The Hall–Kier alpha value is -1.42. The van der Waals surface area contributed by atoms with Crippen LogP contribution in [0.3, 0.4) is 0 Å². The molecule has 1 N–H and O–H groups in total. The summed E-state index contributed by atoms with van der Waals surface area (Å²) in [6.45, 7) is 0.782. The van der Waals surface area contributed by atoms with Gasteiger partial charge in [0.1, 0.15) is 0 Å². The van der Waals surface area contributed by atoms with Crippen LogP contribution in [0, 0.1) is 0 Å². The average molecular weight is 231 g/mol. The van der Waals surface area contributed by atoms with E-state index in [1.807, 2.05) is 11.7 Å². The van der Waals surface area contributed by atoms with Gasteiger partial charge in [0, 0.05) is 11.1 Å². The Labute approximate surface area is 98.6 Å². The number of aryl methyl sites for hydroxylation is 2. The van der Waals surface area contributed by atoms with E-state index in [0.717, 1.165) is 24.3 Å². The molecule has 0 amide bonds. The second-order valence-electron chi connectivity index (χ2n) is 4.02. The second-order valence-corrected chi connectivity index (χ2v) is 4.74. The van der Waals surface area contributed by atoms with Gasteiger partial charge >= 0.3 is 0 Å². The van der Waals surface area contributed by atoms with Gasteiger partial charge in [-0.25, -0.2) is 4.98 Å². The van der Waals surface area contributed by atoms with Crippen molar-refractivity contribution in [3.8, 4) is 0 Å². The molecule has 3 nitrogen and oxygen atoms in total. The molecule has 2 heterocycles. The van der Waals surface area contributed by atoms with E-state index in [2.05, 4.69) is 26.7 Å². The van der Waals surface area contributed by atoms with Crippen molar-refractivity contribution in [2.75, 3.05) is 5.32 Å². The number of aromatic nitrogens is 2. The maximum Gasteiger partial charge on any atom is 0.0795 e. The van der Waals surface area contributed by atoms with Crippen LogP contribution in [0.5, 0.6) is 0 Å². The van der Waals surface area contributed by atoms with E-state index in [-0.39, 0.29) is 0 Å². The van der Waals surface area contributed by atoms with Crippen molar-refractivity contribution < 1.29 is 0 Å². The molecule has 4 heteroatoms. The molecule has 0 bridgehead atoms. The third-order valence-corrected chi connectivity index (χ3v) is 3.51. The summed E-state index contributed by atoms with van der Waals surface area (Å²) in [5.41, 5.74) is 6.74. The number of thiazole rings is 1. The lowest BCUT2D eigenvalue weighted by atomic mass is 10.2. The second kappa shape index (κ2) is 4.22. The number of fused-ring (bicyclic) bond motifs is 1. The maximum atomic E-state index is 4.48. The highest BCUT2D eigenvalue weighted by Crippen LogP contribution is 2.22. The van der Waals surface area contributed by atoms with E-state index in [9.17, 15) is 0 Å². The monoisotopic (exact) mass is 231 g/mol. The van der Waals surface area contributed by atoms with E-state index in [4.69, 9.17) is 0 Å². The van der Waals surface area contributed by atoms with Gasteiger partial charge in [-0.15, -0.1) is 11.3 Å². The van der Waals surface area contributed by atoms with Crippen LogP contribution in [0.25, 0.3) is 0 Å². The van der Waals surface area contributed by atoms with Crippen LogP contribution in [0.4, 0.5) is 5.69 Å². The molecule has 0 unspecified atom stereocenters. The fraction of sp³-hybridized carbons (Fsp3) is 0.333. The Morgan fingerprint density at radius 2 is 2.31 bits per heavy atom. The quantitative estimate of drug-likeness (QED) is 0.882. The SMILES string of the molecule is c1nc(CNc2cnc3c(c2)CCC3)cs1. The predicted molar refractivity (Wildman–Crippen MR) is 65.7 cm³/mol. The van der Waals surface area contributed by atoms with Crippen LogP contribution < -0.4 is 5.32 Å². The van der Waals surface area contributed by atoms with Gasteiger partial charge in [-0.1, -0.05) is 0 Å². The van der Waals surface area contributed by atoms with Crippen molar-refractivity contribution in [1.29, 1.82) is 0 Å². The molecular weight excluding hydrogens is 218 g/mol. The lowest BCUT2D eigenvalue weighted by Crippen LogP contribution is -2.01.